The minimum atomic E-state index is -0.00606. The molecule has 0 bridgehead atoms. The van der Waals surface area contributed by atoms with Crippen LogP contribution in [0.4, 0.5) is 0 Å². The molecule has 1 saturated heterocycles. The van der Waals surface area contributed by atoms with E-state index in [2.05, 4.69) is 38.1 Å². The van der Waals surface area contributed by atoms with Gasteiger partial charge in [-0.15, -0.1) is 0 Å². The summed E-state index contributed by atoms with van der Waals surface area (Å²) >= 11 is 0. The highest BCUT2D eigenvalue weighted by Crippen LogP contribution is 2.20. The maximum atomic E-state index is 11.9. The molecule has 1 aliphatic heterocycles. The number of likely N-dealkylation sites (tertiary alicyclic amines) is 1. The predicted molar refractivity (Wildman–Crippen MR) is 69.7 cm³/mol. The van der Waals surface area contributed by atoms with Gasteiger partial charge in [0.05, 0.1) is 12.0 Å². The molecule has 1 fully saturated rings. The van der Waals surface area contributed by atoms with E-state index in [0.717, 1.165) is 0 Å². The van der Waals surface area contributed by atoms with Crippen molar-refractivity contribution >= 4 is 5.91 Å². The summed E-state index contributed by atoms with van der Waals surface area (Å²) in [6.07, 6.45) is 1.21. The monoisotopic (exact) mass is 242 g/mol. The fraction of sp³-hybridized carbons (Fsp3) is 0.467. The summed E-state index contributed by atoms with van der Waals surface area (Å²) in [5.74, 6) is 0.162. The van der Waals surface area contributed by atoms with Crippen molar-refractivity contribution in [1.82, 2.24) is 4.90 Å². The average molecular weight is 242 g/mol. The minimum Gasteiger partial charge on any atom is -0.337 e. The molecular weight excluding hydrogens is 224 g/mol. The summed E-state index contributed by atoms with van der Waals surface area (Å²) in [5, 5.41) is 8.96. The lowest BCUT2D eigenvalue weighted by molar-refractivity contribution is -0.134. The van der Waals surface area contributed by atoms with Crippen molar-refractivity contribution in [2.75, 3.05) is 6.54 Å². The molecule has 3 nitrogen and oxygen atoms in total. The topological polar surface area (TPSA) is 44.1 Å². The Morgan fingerprint density at radius 3 is 2.89 bits per heavy atom. The first kappa shape index (κ1) is 12.6. The Morgan fingerprint density at radius 1 is 1.44 bits per heavy atom. The van der Waals surface area contributed by atoms with Crippen LogP contribution in [0.5, 0.6) is 0 Å². The number of nitriles is 1. The van der Waals surface area contributed by atoms with Gasteiger partial charge in [-0.3, -0.25) is 4.79 Å². The van der Waals surface area contributed by atoms with Crippen molar-refractivity contribution in [3.8, 4) is 6.07 Å². The standard InChI is InChI=1S/C15H18N2O/c1-11-3-5-14(12(2)7-11)10-17-9-13(8-16)4-6-15(17)18/h3,5,7,13H,4,6,9-10H2,1-2H3. The van der Waals surface area contributed by atoms with Crippen molar-refractivity contribution in [2.24, 2.45) is 5.92 Å². The lowest BCUT2D eigenvalue weighted by Gasteiger charge is -2.30. The van der Waals surface area contributed by atoms with Gasteiger partial charge in [0, 0.05) is 19.5 Å². The molecule has 94 valence electrons. The van der Waals surface area contributed by atoms with Gasteiger partial charge in [0.1, 0.15) is 0 Å². The normalized spacial score (nSPS) is 19.7. The number of nitrogens with zero attached hydrogens (tertiary/aromatic N) is 2. The number of hydrogen-bond acceptors (Lipinski definition) is 2. The van der Waals surface area contributed by atoms with E-state index >= 15 is 0 Å². The highest BCUT2D eigenvalue weighted by Gasteiger charge is 2.25. The number of aryl methyl sites for hydroxylation is 2. The Balaban J connectivity index is 2.12. The van der Waals surface area contributed by atoms with E-state index in [0.29, 0.717) is 25.9 Å². The van der Waals surface area contributed by atoms with Crippen LogP contribution in [0.1, 0.15) is 29.5 Å². The molecule has 0 aliphatic carbocycles. The van der Waals surface area contributed by atoms with Crippen LogP contribution in [0.2, 0.25) is 0 Å². The number of benzene rings is 1. The van der Waals surface area contributed by atoms with E-state index < -0.39 is 0 Å². The Labute approximate surface area is 108 Å². The second kappa shape index (κ2) is 5.22. The van der Waals surface area contributed by atoms with Gasteiger partial charge in [0.15, 0.2) is 0 Å². The van der Waals surface area contributed by atoms with Crippen LogP contribution in [0.15, 0.2) is 18.2 Å². The van der Waals surface area contributed by atoms with E-state index in [9.17, 15) is 4.79 Å². The third-order valence-electron chi connectivity index (χ3n) is 3.54. The van der Waals surface area contributed by atoms with Crippen molar-refractivity contribution < 1.29 is 4.79 Å². The predicted octanol–water partition coefficient (Wildman–Crippen LogP) is 2.57. The molecule has 0 aromatic heterocycles. The molecule has 18 heavy (non-hydrogen) atoms. The SMILES string of the molecule is Cc1ccc(CN2CC(C#N)CCC2=O)c(C)c1. The largest absolute Gasteiger partial charge is 0.337 e. The zero-order valence-corrected chi connectivity index (χ0v) is 10.9. The van der Waals surface area contributed by atoms with Gasteiger partial charge in [-0.1, -0.05) is 23.8 Å². The van der Waals surface area contributed by atoms with Gasteiger partial charge in [-0.2, -0.15) is 5.26 Å². The molecular formula is C15H18N2O. The van der Waals surface area contributed by atoms with Gasteiger partial charge in [0.2, 0.25) is 5.91 Å². The summed E-state index contributed by atoms with van der Waals surface area (Å²) in [5.41, 5.74) is 3.62. The molecule has 1 atom stereocenters. The summed E-state index contributed by atoms with van der Waals surface area (Å²) in [6, 6.07) is 8.55. The van der Waals surface area contributed by atoms with Crippen LogP contribution in [-0.4, -0.2) is 17.4 Å². The van der Waals surface area contributed by atoms with Gasteiger partial charge >= 0.3 is 0 Å². The highest BCUT2D eigenvalue weighted by molar-refractivity contribution is 5.77. The fourth-order valence-electron chi connectivity index (χ4n) is 2.40. The van der Waals surface area contributed by atoms with Crippen LogP contribution in [0.25, 0.3) is 0 Å². The van der Waals surface area contributed by atoms with Crippen LogP contribution in [-0.2, 0) is 11.3 Å². The van der Waals surface area contributed by atoms with E-state index in [1.807, 2.05) is 4.90 Å². The molecule has 3 heteroatoms. The number of piperidine rings is 1. The molecule has 1 aromatic rings. The molecule has 0 spiro atoms. The smallest absolute Gasteiger partial charge is 0.222 e. The fourth-order valence-corrected chi connectivity index (χ4v) is 2.40. The first-order chi connectivity index (χ1) is 8.60. The maximum absolute atomic E-state index is 11.9. The third kappa shape index (κ3) is 2.70. The van der Waals surface area contributed by atoms with E-state index in [1.165, 1.54) is 16.7 Å². The number of carbonyl (C=O) groups is 1. The van der Waals surface area contributed by atoms with E-state index in [-0.39, 0.29) is 11.8 Å². The molecule has 2 rings (SSSR count). The number of hydrogen-bond donors (Lipinski definition) is 0. The van der Waals surface area contributed by atoms with Crippen LogP contribution < -0.4 is 0 Å². The Kier molecular flexibility index (Phi) is 3.66. The number of amides is 1. The molecule has 0 N–H and O–H groups in total. The Hall–Kier alpha value is -1.82. The first-order valence-corrected chi connectivity index (χ1v) is 6.33. The summed E-state index contributed by atoms with van der Waals surface area (Å²) in [4.78, 5) is 13.7. The summed E-state index contributed by atoms with van der Waals surface area (Å²) in [6.45, 7) is 5.33. The molecule has 1 aliphatic rings. The molecule has 0 saturated carbocycles. The molecule has 1 aromatic carbocycles. The average Bonchev–Trinajstić information content (AvgIpc) is 2.35. The van der Waals surface area contributed by atoms with Gasteiger partial charge in [0.25, 0.3) is 0 Å². The van der Waals surface area contributed by atoms with Crippen LogP contribution >= 0.6 is 0 Å². The van der Waals surface area contributed by atoms with Crippen molar-refractivity contribution in [1.29, 1.82) is 5.26 Å². The zero-order valence-electron chi connectivity index (χ0n) is 10.9. The molecule has 1 heterocycles. The lowest BCUT2D eigenvalue weighted by Crippen LogP contribution is -2.39. The molecule has 0 radical (unpaired) electrons. The lowest BCUT2D eigenvalue weighted by atomic mass is 9.97. The second-order valence-electron chi connectivity index (χ2n) is 5.07. The first-order valence-electron chi connectivity index (χ1n) is 6.33. The van der Waals surface area contributed by atoms with E-state index in [1.54, 1.807) is 0 Å². The Bertz CT molecular complexity index is 502. The summed E-state index contributed by atoms with van der Waals surface area (Å²) in [7, 11) is 0. The molecule has 1 amide bonds. The van der Waals surface area contributed by atoms with Crippen LogP contribution in [0, 0.1) is 31.1 Å². The van der Waals surface area contributed by atoms with Crippen molar-refractivity contribution in [2.45, 2.75) is 33.2 Å². The Morgan fingerprint density at radius 2 is 2.22 bits per heavy atom. The summed E-state index contributed by atoms with van der Waals surface area (Å²) < 4.78 is 0. The van der Waals surface area contributed by atoms with Crippen molar-refractivity contribution in [3.05, 3.63) is 34.9 Å². The minimum absolute atomic E-state index is 0.00606. The third-order valence-corrected chi connectivity index (χ3v) is 3.54. The van der Waals surface area contributed by atoms with E-state index in [4.69, 9.17) is 5.26 Å². The maximum Gasteiger partial charge on any atom is 0.222 e. The van der Waals surface area contributed by atoms with Crippen molar-refractivity contribution in [3.63, 3.8) is 0 Å². The van der Waals surface area contributed by atoms with Gasteiger partial charge in [-0.25, -0.2) is 0 Å². The zero-order chi connectivity index (χ0) is 13.1. The quantitative estimate of drug-likeness (QED) is 0.800. The van der Waals surface area contributed by atoms with Gasteiger partial charge in [-0.05, 0) is 31.4 Å². The highest BCUT2D eigenvalue weighted by atomic mass is 16.2. The molecule has 1 unspecified atom stereocenters. The van der Waals surface area contributed by atoms with Crippen LogP contribution in [0.3, 0.4) is 0 Å². The number of carbonyl (C=O) groups excluding carboxylic acids is 1. The number of rotatable bonds is 2. The second-order valence-corrected chi connectivity index (χ2v) is 5.07. The van der Waals surface area contributed by atoms with Gasteiger partial charge < -0.3 is 4.90 Å².